The Morgan fingerprint density at radius 1 is 1.64 bits per heavy atom. The van der Waals surface area contributed by atoms with Crippen molar-refractivity contribution in [1.29, 1.82) is 0 Å². The zero-order chi connectivity index (χ0) is 8.53. The number of hydrogen-bond acceptors (Lipinski definition) is 4. The Morgan fingerprint density at radius 3 is 2.36 bits per heavy atom. The summed E-state index contributed by atoms with van der Waals surface area (Å²) in [5.74, 6) is 0. The Bertz CT molecular complexity index is 190. The van der Waals surface area contributed by atoms with Crippen LogP contribution in [0.3, 0.4) is 0 Å². The van der Waals surface area contributed by atoms with E-state index in [1.165, 1.54) is 6.20 Å². The number of nitrogens with zero attached hydrogens (tertiary/aromatic N) is 1. The largest absolute Gasteiger partial charge is 0.382 e. The van der Waals surface area contributed by atoms with Crippen molar-refractivity contribution < 1.29 is 4.74 Å². The molecule has 0 saturated heterocycles. The fourth-order valence-corrected chi connectivity index (χ4v) is 0.720. The van der Waals surface area contributed by atoms with Crippen LogP contribution in [-0.4, -0.2) is 22.0 Å². The molecule has 0 saturated carbocycles. The number of aromatic nitrogens is 2. The lowest BCUT2D eigenvalue weighted by Gasteiger charge is -1.86. The highest BCUT2D eigenvalue weighted by molar-refractivity contribution is 6.98. The molecule has 0 unspecified atom stereocenters. The summed E-state index contributed by atoms with van der Waals surface area (Å²) in [6.45, 7) is 5.67. The molecule has 1 aromatic heterocycles. The van der Waals surface area contributed by atoms with Crippen molar-refractivity contribution >= 4 is 11.7 Å². The minimum atomic E-state index is -0.125. The first-order valence-corrected chi connectivity index (χ1v) is 4.15. The fraction of sp³-hybridized carbons (Fsp3) is 0.667. The van der Waals surface area contributed by atoms with Crippen molar-refractivity contribution in [3.8, 4) is 0 Å². The van der Waals surface area contributed by atoms with Gasteiger partial charge in [-0.3, -0.25) is 9.17 Å². The zero-order valence-electron chi connectivity index (χ0n) is 6.66. The fourth-order valence-electron chi connectivity index (χ4n) is 0.376. The van der Waals surface area contributed by atoms with E-state index in [4.69, 9.17) is 4.74 Å². The summed E-state index contributed by atoms with van der Waals surface area (Å²) in [5.41, 5.74) is -0.125. The van der Waals surface area contributed by atoms with Crippen LogP contribution in [0.5, 0.6) is 0 Å². The lowest BCUT2D eigenvalue weighted by molar-refractivity contribution is 0.162. The Balaban J connectivity index is 0.000000187. The minimum absolute atomic E-state index is 0.125. The normalized spacial score (nSPS) is 8.55. The maximum atomic E-state index is 9.96. The molecule has 0 aromatic carbocycles. The molecular formula is C6H12N2O2S. The van der Waals surface area contributed by atoms with Crippen LogP contribution in [0, 0.1) is 0 Å². The Labute approximate surface area is 69.5 Å². The van der Waals surface area contributed by atoms with Crippen LogP contribution in [0.4, 0.5) is 0 Å². The van der Waals surface area contributed by atoms with Gasteiger partial charge in [-0.05, 0) is 13.8 Å². The van der Waals surface area contributed by atoms with Crippen molar-refractivity contribution in [2.75, 3.05) is 13.2 Å². The van der Waals surface area contributed by atoms with Crippen molar-refractivity contribution in [2.45, 2.75) is 13.8 Å². The molecule has 0 amide bonds. The van der Waals surface area contributed by atoms with Crippen LogP contribution < -0.4 is 5.56 Å². The van der Waals surface area contributed by atoms with E-state index in [9.17, 15) is 4.79 Å². The predicted molar refractivity (Wildman–Crippen MR) is 44.9 cm³/mol. The van der Waals surface area contributed by atoms with Gasteiger partial charge >= 0.3 is 0 Å². The Hall–Kier alpha value is -0.680. The highest BCUT2D eigenvalue weighted by Gasteiger charge is 1.73. The van der Waals surface area contributed by atoms with Gasteiger partial charge in [-0.15, -0.1) is 0 Å². The summed E-state index contributed by atoms with van der Waals surface area (Å²) in [6, 6.07) is 0. The van der Waals surface area contributed by atoms with Gasteiger partial charge in [-0.1, -0.05) is 0 Å². The summed E-state index contributed by atoms with van der Waals surface area (Å²) in [6.07, 6.45) is 1.24. The summed E-state index contributed by atoms with van der Waals surface area (Å²) in [7, 11) is 0. The van der Waals surface area contributed by atoms with Crippen molar-refractivity contribution in [3.05, 3.63) is 16.6 Å². The second-order valence-electron chi connectivity index (χ2n) is 1.57. The molecular weight excluding hydrogens is 164 g/mol. The summed E-state index contributed by atoms with van der Waals surface area (Å²) in [5, 5.41) is 0. The van der Waals surface area contributed by atoms with Crippen LogP contribution >= 0.6 is 11.7 Å². The minimum Gasteiger partial charge on any atom is -0.382 e. The molecule has 0 aliphatic rings. The van der Waals surface area contributed by atoms with Crippen molar-refractivity contribution in [2.24, 2.45) is 0 Å². The van der Waals surface area contributed by atoms with E-state index in [0.717, 1.165) is 24.9 Å². The molecule has 1 N–H and O–H groups in total. The zero-order valence-corrected chi connectivity index (χ0v) is 7.48. The molecule has 0 aliphatic carbocycles. The van der Waals surface area contributed by atoms with Crippen LogP contribution in [-0.2, 0) is 4.74 Å². The van der Waals surface area contributed by atoms with Gasteiger partial charge in [0.25, 0.3) is 5.56 Å². The quantitative estimate of drug-likeness (QED) is 0.727. The third-order valence-electron chi connectivity index (χ3n) is 0.777. The van der Waals surface area contributed by atoms with Gasteiger partial charge in [-0.25, -0.2) is 0 Å². The van der Waals surface area contributed by atoms with Gasteiger partial charge < -0.3 is 4.74 Å². The van der Waals surface area contributed by atoms with Gasteiger partial charge in [0, 0.05) is 24.9 Å². The molecule has 4 nitrogen and oxygen atoms in total. The third-order valence-corrected chi connectivity index (χ3v) is 1.28. The van der Waals surface area contributed by atoms with E-state index in [-0.39, 0.29) is 5.56 Å². The summed E-state index contributed by atoms with van der Waals surface area (Å²) < 4.78 is 10.7. The van der Waals surface area contributed by atoms with E-state index in [1.54, 1.807) is 0 Å². The summed E-state index contributed by atoms with van der Waals surface area (Å²) in [4.78, 5) is 9.96. The predicted octanol–water partition coefficient (Wildman–Crippen LogP) is 0.874. The SMILES string of the molecule is CCOCC.O=c1cns[nH]1. The molecule has 1 aromatic rings. The first-order chi connectivity index (χ1) is 5.31. The van der Waals surface area contributed by atoms with Gasteiger partial charge in [0.1, 0.15) is 6.20 Å². The molecule has 0 fully saturated rings. The molecule has 0 atom stereocenters. The van der Waals surface area contributed by atoms with Crippen molar-refractivity contribution in [3.63, 3.8) is 0 Å². The Morgan fingerprint density at radius 2 is 2.27 bits per heavy atom. The van der Waals surface area contributed by atoms with Gasteiger partial charge in [0.2, 0.25) is 0 Å². The maximum absolute atomic E-state index is 9.96. The lowest BCUT2D eigenvalue weighted by Crippen LogP contribution is -1.91. The molecule has 1 rings (SSSR count). The third kappa shape index (κ3) is 7.21. The average Bonchev–Trinajstić information content (AvgIpc) is 2.43. The molecule has 64 valence electrons. The highest BCUT2D eigenvalue weighted by atomic mass is 32.1. The van der Waals surface area contributed by atoms with Gasteiger partial charge in [0.05, 0.1) is 0 Å². The number of ether oxygens (including phenoxy) is 1. The monoisotopic (exact) mass is 176 g/mol. The van der Waals surface area contributed by atoms with Crippen LogP contribution in [0.1, 0.15) is 13.8 Å². The lowest BCUT2D eigenvalue weighted by atomic mass is 10.8. The second kappa shape index (κ2) is 7.43. The van der Waals surface area contributed by atoms with Crippen LogP contribution in [0.25, 0.3) is 0 Å². The number of aromatic amines is 1. The van der Waals surface area contributed by atoms with E-state index in [1.807, 2.05) is 13.8 Å². The number of rotatable bonds is 2. The van der Waals surface area contributed by atoms with E-state index in [0.29, 0.717) is 0 Å². The second-order valence-corrected chi connectivity index (χ2v) is 2.17. The number of hydrogen-bond donors (Lipinski definition) is 1. The van der Waals surface area contributed by atoms with Crippen LogP contribution in [0.2, 0.25) is 0 Å². The number of H-pyrrole nitrogens is 1. The molecule has 0 aliphatic heterocycles. The molecule has 5 heteroatoms. The van der Waals surface area contributed by atoms with E-state index in [2.05, 4.69) is 8.75 Å². The molecule has 0 radical (unpaired) electrons. The van der Waals surface area contributed by atoms with E-state index >= 15 is 0 Å². The molecule has 11 heavy (non-hydrogen) atoms. The highest BCUT2D eigenvalue weighted by Crippen LogP contribution is 1.66. The van der Waals surface area contributed by atoms with Crippen molar-refractivity contribution in [1.82, 2.24) is 8.75 Å². The first kappa shape index (κ1) is 10.3. The van der Waals surface area contributed by atoms with Crippen LogP contribution in [0.15, 0.2) is 11.0 Å². The average molecular weight is 176 g/mol. The molecule has 0 bridgehead atoms. The molecule has 0 spiro atoms. The smallest absolute Gasteiger partial charge is 0.277 e. The van der Waals surface area contributed by atoms with E-state index < -0.39 is 0 Å². The van der Waals surface area contributed by atoms with Gasteiger partial charge in [0.15, 0.2) is 0 Å². The maximum Gasteiger partial charge on any atom is 0.277 e. The molecule has 1 heterocycles. The standard InChI is InChI=1S/C4H10O.C2H2N2OS/c1-3-5-4-2;5-2-1-3-6-4-2/h3-4H2,1-2H3;1H,(H,4,5). The topological polar surface area (TPSA) is 55.0 Å². The van der Waals surface area contributed by atoms with Gasteiger partial charge in [-0.2, -0.15) is 4.37 Å². The summed E-state index contributed by atoms with van der Waals surface area (Å²) >= 11 is 1.05. The number of nitrogens with one attached hydrogen (secondary N) is 1. The first-order valence-electron chi connectivity index (χ1n) is 3.38. The Kier molecular flexibility index (Phi) is 6.97.